The van der Waals surface area contributed by atoms with Crippen LogP contribution in [-0.2, 0) is 29.7 Å². The summed E-state index contributed by atoms with van der Waals surface area (Å²) in [5.41, 5.74) is 10.3. The van der Waals surface area contributed by atoms with Gasteiger partial charge in [0.2, 0.25) is 0 Å². The van der Waals surface area contributed by atoms with Gasteiger partial charge in [0.15, 0.2) is 16.6 Å². The minimum absolute atomic E-state index is 0.00178. The summed E-state index contributed by atoms with van der Waals surface area (Å²) < 4.78 is 34.3. The molecule has 0 aliphatic carbocycles. The number of benzene rings is 1. The normalized spacial score (nSPS) is 23.0. The van der Waals surface area contributed by atoms with Gasteiger partial charge in [-0.25, -0.2) is 0 Å². The van der Waals surface area contributed by atoms with Crippen LogP contribution in [0.4, 0.5) is 0 Å². The average molecular weight is 816 g/mol. The van der Waals surface area contributed by atoms with Crippen LogP contribution in [0.1, 0.15) is 80.2 Å². The predicted molar refractivity (Wildman–Crippen MR) is 209 cm³/mol. The van der Waals surface area contributed by atoms with E-state index in [1.54, 1.807) is 7.11 Å². The summed E-state index contributed by atoms with van der Waals surface area (Å²) in [5.74, 6) is 0.842. The Morgan fingerprint density at radius 3 is 2.08 bits per heavy atom. The van der Waals surface area contributed by atoms with Gasteiger partial charge in [0.05, 0.1) is 50.8 Å². The molecule has 0 aromatic heterocycles. The van der Waals surface area contributed by atoms with E-state index in [0.717, 1.165) is 11.3 Å². The highest BCUT2D eigenvalue weighted by Crippen LogP contribution is 2.43. The lowest BCUT2D eigenvalue weighted by atomic mass is 9.86. The largest absolute Gasteiger partial charge is 0.497 e. The van der Waals surface area contributed by atoms with Crippen LogP contribution in [0.25, 0.3) is 10.4 Å². The minimum Gasteiger partial charge on any atom is -0.497 e. The second kappa shape index (κ2) is 18.3. The molecule has 0 spiro atoms. The van der Waals surface area contributed by atoms with E-state index in [4.69, 9.17) is 23.1 Å². The highest BCUT2D eigenvalue weighted by atomic mass is 127. The van der Waals surface area contributed by atoms with Crippen LogP contribution in [-0.4, -0.2) is 66.6 Å². The average Bonchev–Trinajstić information content (AvgIpc) is 2.97. The lowest BCUT2D eigenvalue weighted by Gasteiger charge is -2.50. The third-order valence-corrected chi connectivity index (χ3v) is 19.9. The zero-order valence-electron chi connectivity index (χ0n) is 31.7. The number of nitrogens with zero attached hydrogens (tertiary/aromatic N) is 3. The molecule has 272 valence electrons. The Labute approximate surface area is 306 Å². The molecule has 1 aliphatic heterocycles. The van der Waals surface area contributed by atoms with E-state index >= 15 is 0 Å². The van der Waals surface area contributed by atoms with Crippen LogP contribution in [0, 0.1) is 11.8 Å². The molecule has 48 heavy (non-hydrogen) atoms. The molecule has 9 nitrogen and oxygen atoms in total. The van der Waals surface area contributed by atoms with Crippen LogP contribution in [0.15, 0.2) is 39.5 Å². The standard InChI is InChI=1S/C36H62IN3O6Si2/c1-25(30(18-19-37)43-24-27-14-16-29(42-9)17-15-27)20-28(41)21-26(2)34-32(46-48(12,13)36(6,7)8)22-31(33(44-34)23-39-40-38)45-47(10,11)35(3,4)5/h14-19,25-26,30-34H,20-24H2,1-13H3/b19-18+/t25?,26?,30?,31-,32+,33-,34+/m1/s1. The molecule has 12 heteroatoms. The van der Waals surface area contributed by atoms with E-state index in [1.165, 1.54) is 0 Å². The molecule has 1 aromatic carbocycles. The molecule has 0 saturated carbocycles. The molecule has 1 fully saturated rings. The maximum absolute atomic E-state index is 13.7. The fourth-order valence-electron chi connectivity index (χ4n) is 5.45. The molecule has 2 rings (SSSR count). The van der Waals surface area contributed by atoms with Gasteiger partial charge in [0.25, 0.3) is 0 Å². The van der Waals surface area contributed by atoms with Gasteiger partial charge >= 0.3 is 0 Å². The van der Waals surface area contributed by atoms with Gasteiger partial charge < -0.3 is 23.1 Å². The highest BCUT2D eigenvalue weighted by Gasteiger charge is 2.49. The highest BCUT2D eigenvalue weighted by molar-refractivity contribution is 14.1. The number of methoxy groups -OCH3 is 1. The van der Waals surface area contributed by atoms with Crippen molar-refractivity contribution < 1.29 is 27.9 Å². The Balaban J connectivity index is 2.26. The summed E-state index contributed by atoms with van der Waals surface area (Å²) in [6, 6.07) is 7.82. The maximum Gasteiger partial charge on any atom is 0.192 e. The Kier molecular flexibility index (Phi) is 16.4. The molecular weight excluding hydrogens is 753 g/mol. The first-order valence-corrected chi connectivity index (χ1v) is 24.3. The third-order valence-electron chi connectivity index (χ3n) is 10.5. The van der Waals surface area contributed by atoms with Crippen molar-refractivity contribution in [2.45, 2.75) is 148 Å². The number of halogens is 1. The SMILES string of the molecule is COc1ccc(COC(/C=C/I)C(C)CC(=O)CC(C)[C@@H]2O[C@H](CN=[N+]=[N-])[C@H](O[Si](C)(C)C(C)(C)C)C[C@@H]2O[Si](C)(C)C(C)(C)C)cc1. The number of azide groups is 1. The van der Waals surface area contributed by atoms with Crippen molar-refractivity contribution >= 4 is 45.0 Å². The molecule has 1 heterocycles. The first-order chi connectivity index (χ1) is 22.2. The Hall–Kier alpha value is -1.26. The fraction of sp³-hybridized carbons (Fsp3) is 0.750. The number of carbonyl (C=O) groups excluding carboxylic acids is 1. The Bertz CT molecular complexity index is 1240. The minimum atomic E-state index is -2.21. The molecule has 3 unspecified atom stereocenters. The van der Waals surface area contributed by atoms with E-state index in [2.05, 4.69) is 114 Å². The van der Waals surface area contributed by atoms with Gasteiger partial charge in [-0.05, 0) is 81.5 Å². The summed E-state index contributed by atoms with van der Waals surface area (Å²) in [4.78, 5) is 16.7. The zero-order valence-corrected chi connectivity index (χ0v) is 35.9. The number of hydrogen-bond acceptors (Lipinski definition) is 7. The van der Waals surface area contributed by atoms with Gasteiger partial charge in [-0.2, -0.15) is 0 Å². The second-order valence-electron chi connectivity index (χ2n) is 16.5. The van der Waals surface area contributed by atoms with Gasteiger partial charge in [-0.15, -0.1) is 0 Å². The molecule has 1 saturated heterocycles. The topological polar surface area (TPSA) is 112 Å². The number of Topliss-reactive ketones (excluding diaryl/α,β-unsaturated/α-hetero) is 1. The molecule has 1 aliphatic rings. The summed E-state index contributed by atoms with van der Waals surface area (Å²) >= 11 is 2.20. The summed E-state index contributed by atoms with van der Waals surface area (Å²) in [7, 11) is -2.74. The number of hydrogen-bond donors (Lipinski definition) is 0. The van der Waals surface area contributed by atoms with Crippen molar-refractivity contribution in [3.05, 3.63) is 50.4 Å². The lowest BCUT2D eigenvalue weighted by Crippen LogP contribution is -2.59. The molecule has 0 N–H and O–H groups in total. The Morgan fingerprint density at radius 2 is 1.58 bits per heavy atom. The van der Waals surface area contributed by atoms with E-state index in [0.29, 0.717) is 25.9 Å². The smallest absolute Gasteiger partial charge is 0.192 e. The van der Waals surface area contributed by atoms with Crippen molar-refractivity contribution in [1.29, 1.82) is 0 Å². The van der Waals surface area contributed by atoms with Gasteiger partial charge in [-0.3, -0.25) is 4.79 Å². The van der Waals surface area contributed by atoms with Crippen LogP contribution < -0.4 is 4.74 Å². The molecule has 1 aromatic rings. The first kappa shape index (κ1) is 42.9. The van der Waals surface area contributed by atoms with Crippen molar-refractivity contribution in [2.75, 3.05) is 13.7 Å². The number of carbonyl (C=O) groups is 1. The number of ether oxygens (including phenoxy) is 3. The van der Waals surface area contributed by atoms with Gasteiger partial charge in [-0.1, -0.05) is 95.2 Å². The van der Waals surface area contributed by atoms with E-state index < -0.39 is 22.7 Å². The van der Waals surface area contributed by atoms with E-state index in [9.17, 15) is 10.3 Å². The number of rotatable bonds is 17. The summed E-state index contributed by atoms with van der Waals surface area (Å²) in [6.45, 7) is 27.1. The van der Waals surface area contributed by atoms with Crippen molar-refractivity contribution in [3.63, 3.8) is 0 Å². The second-order valence-corrected chi connectivity index (χ2v) is 26.7. The van der Waals surface area contributed by atoms with Crippen LogP contribution in [0.5, 0.6) is 5.75 Å². The molecular formula is C36H62IN3O6Si2. The lowest BCUT2D eigenvalue weighted by molar-refractivity contribution is -0.173. The summed E-state index contributed by atoms with van der Waals surface area (Å²) in [5, 5.41) is 3.92. The third kappa shape index (κ3) is 12.5. The van der Waals surface area contributed by atoms with Crippen LogP contribution in [0.2, 0.25) is 36.3 Å². The molecule has 0 radical (unpaired) electrons. The van der Waals surface area contributed by atoms with Crippen molar-refractivity contribution in [1.82, 2.24) is 0 Å². The zero-order chi connectivity index (χ0) is 36.5. The maximum atomic E-state index is 13.7. The van der Waals surface area contributed by atoms with Crippen LogP contribution in [0.3, 0.4) is 0 Å². The molecule has 0 bridgehead atoms. The number of ketones is 1. The van der Waals surface area contributed by atoms with Crippen LogP contribution >= 0.6 is 22.6 Å². The van der Waals surface area contributed by atoms with Crippen molar-refractivity contribution in [2.24, 2.45) is 17.0 Å². The first-order valence-electron chi connectivity index (χ1n) is 17.2. The van der Waals surface area contributed by atoms with E-state index in [1.807, 2.05) is 34.4 Å². The molecule has 7 atom stereocenters. The Morgan fingerprint density at radius 1 is 1.02 bits per heavy atom. The van der Waals surface area contributed by atoms with Gasteiger partial charge in [0.1, 0.15) is 11.5 Å². The van der Waals surface area contributed by atoms with Gasteiger partial charge in [0, 0.05) is 24.2 Å². The van der Waals surface area contributed by atoms with E-state index in [-0.39, 0.29) is 58.7 Å². The van der Waals surface area contributed by atoms with Crippen molar-refractivity contribution in [3.8, 4) is 5.75 Å². The monoisotopic (exact) mass is 815 g/mol. The predicted octanol–water partition coefficient (Wildman–Crippen LogP) is 10.4. The fourth-order valence-corrected chi connectivity index (χ4v) is 8.56. The quantitative estimate of drug-likeness (QED) is 0.0509. The molecule has 0 amide bonds. The summed E-state index contributed by atoms with van der Waals surface area (Å²) in [6.07, 6.45) is 1.91.